The Labute approximate surface area is 298 Å². The molecule has 0 spiro atoms. The lowest BCUT2D eigenvalue weighted by atomic mass is 9.86. The van der Waals surface area contributed by atoms with Crippen LogP contribution in [-0.4, -0.2) is 41.6 Å². The fraction of sp³-hybridized carbons (Fsp3) is 0.571. The van der Waals surface area contributed by atoms with E-state index in [2.05, 4.69) is 6.92 Å². The molecule has 0 radical (unpaired) electrons. The Hall–Kier alpha value is -3.39. The zero-order chi connectivity index (χ0) is 36.0. The molecule has 0 amide bonds. The van der Waals surface area contributed by atoms with Gasteiger partial charge in [0.15, 0.2) is 6.10 Å². The molecule has 1 N–H and O–H groups in total. The number of hydrogen-bond donors (Lipinski definition) is 1. The minimum Gasteiger partial charge on any atom is -0.492 e. The van der Waals surface area contributed by atoms with Crippen molar-refractivity contribution in [3.05, 3.63) is 72.4 Å². The summed E-state index contributed by atoms with van der Waals surface area (Å²) in [6.07, 6.45) is 13.6. The molecule has 1 aromatic heterocycles. The number of alkyl halides is 3. The van der Waals surface area contributed by atoms with Crippen molar-refractivity contribution in [3.63, 3.8) is 0 Å². The van der Waals surface area contributed by atoms with Gasteiger partial charge in [0.1, 0.15) is 5.75 Å². The second-order valence-electron chi connectivity index (χ2n) is 13.5. The molecule has 2 unspecified atom stereocenters. The first-order valence-corrected chi connectivity index (χ1v) is 18.9. The first-order valence-electron chi connectivity index (χ1n) is 18.9. The minimum atomic E-state index is -4.43. The number of aliphatic carboxylic acids is 1. The van der Waals surface area contributed by atoms with Crippen molar-refractivity contribution in [1.82, 2.24) is 4.98 Å². The molecule has 3 aromatic rings. The van der Waals surface area contributed by atoms with Crippen molar-refractivity contribution in [1.29, 1.82) is 0 Å². The van der Waals surface area contributed by atoms with Gasteiger partial charge in [0.2, 0.25) is 0 Å². The van der Waals surface area contributed by atoms with Crippen LogP contribution in [0, 0.1) is 0 Å². The Morgan fingerprint density at radius 1 is 0.760 bits per heavy atom. The van der Waals surface area contributed by atoms with E-state index in [1.807, 2.05) is 60.7 Å². The van der Waals surface area contributed by atoms with E-state index in [1.54, 1.807) is 6.20 Å². The van der Waals surface area contributed by atoms with Gasteiger partial charge in [-0.1, -0.05) is 126 Å². The highest BCUT2D eigenvalue weighted by molar-refractivity contribution is 5.82. The molecular formula is C42H58F3NO4. The van der Waals surface area contributed by atoms with Gasteiger partial charge in [0, 0.05) is 18.6 Å². The molecule has 0 aliphatic carbocycles. The summed E-state index contributed by atoms with van der Waals surface area (Å²) in [5.41, 5.74) is 4.56. The quantitative estimate of drug-likeness (QED) is 0.0846. The van der Waals surface area contributed by atoms with Crippen molar-refractivity contribution < 1.29 is 32.5 Å². The monoisotopic (exact) mass is 697 g/mol. The van der Waals surface area contributed by atoms with Crippen LogP contribution in [0.15, 0.2) is 66.9 Å². The second-order valence-corrected chi connectivity index (χ2v) is 13.5. The number of carboxylic acid groups (broad SMARTS) is 1. The van der Waals surface area contributed by atoms with Crippen LogP contribution in [0.3, 0.4) is 0 Å². The molecule has 0 saturated heterocycles. The van der Waals surface area contributed by atoms with Gasteiger partial charge in [-0.3, -0.25) is 9.78 Å². The molecule has 2 aromatic carbocycles. The van der Waals surface area contributed by atoms with E-state index in [0.29, 0.717) is 31.6 Å². The first-order chi connectivity index (χ1) is 24.2. The maximum atomic E-state index is 13.1. The number of ether oxygens (including phenoxy) is 2. The third kappa shape index (κ3) is 15.7. The van der Waals surface area contributed by atoms with Crippen LogP contribution in [0.2, 0.25) is 0 Å². The summed E-state index contributed by atoms with van der Waals surface area (Å²) < 4.78 is 50.3. The van der Waals surface area contributed by atoms with E-state index >= 15 is 0 Å². The molecule has 8 heteroatoms. The number of halogens is 3. The zero-order valence-corrected chi connectivity index (χ0v) is 30.2. The van der Waals surface area contributed by atoms with Gasteiger partial charge in [0.05, 0.1) is 18.5 Å². The Balaban J connectivity index is 1.59. The summed E-state index contributed by atoms with van der Waals surface area (Å²) in [5.74, 6) is -0.361. The number of rotatable bonds is 26. The molecule has 0 bridgehead atoms. The van der Waals surface area contributed by atoms with Crippen LogP contribution in [0.25, 0.3) is 22.4 Å². The maximum absolute atomic E-state index is 13.1. The standard InChI is InChI=1S/C42H58F3NO4/c1-3-4-5-6-7-8-9-10-11-12-13-14-18-29-50-37-25-27-40(46-32-37)39-31-36(24-26-38(39)35-20-16-15-17-21-35)34(22-19-23-41(47)48)28-30-49-33(2)42(43,44)45/h15-17,20-21,24-27,31-34H,3-14,18-19,22-23,28-30H2,1-2H3,(H,47,48). The van der Waals surface area contributed by atoms with E-state index in [9.17, 15) is 23.1 Å². The van der Waals surface area contributed by atoms with Crippen LogP contribution in [0.4, 0.5) is 13.2 Å². The van der Waals surface area contributed by atoms with Crippen molar-refractivity contribution in [2.24, 2.45) is 0 Å². The fourth-order valence-corrected chi connectivity index (χ4v) is 6.29. The molecule has 5 nitrogen and oxygen atoms in total. The van der Waals surface area contributed by atoms with E-state index < -0.39 is 18.2 Å². The summed E-state index contributed by atoms with van der Waals surface area (Å²) >= 11 is 0. The fourth-order valence-electron chi connectivity index (χ4n) is 6.29. The summed E-state index contributed by atoms with van der Waals surface area (Å²) in [4.78, 5) is 16.0. The molecule has 1 heterocycles. The van der Waals surface area contributed by atoms with E-state index in [1.165, 1.54) is 70.6 Å². The highest BCUT2D eigenvalue weighted by Crippen LogP contribution is 2.37. The van der Waals surface area contributed by atoms with Crippen molar-refractivity contribution in [2.45, 2.75) is 141 Å². The molecule has 0 saturated carbocycles. The normalized spacial score (nSPS) is 12.9. The van der Waals surface area contributed by atoms with Gasteiger partial charge in [-0.2, -0.15) is 13.2 Å². The van der Waals surface area contributed by atoms with Gasteiger partial charge in [-0.25, -0.2) is 0 Å². The molecule has 0 fully saturated rings. The Kier molecular flexibility index (Phi) is 19.0. The number of hydrogen-bond acceptors (Lipinski definition) is 4. The smallest absolute Gasteiger partial charge is 0.414 e. The Morgan fingerprint density at radius 2 is 1.40 bits per heavy atom. The van der Waals surface area contributed by atoms with Crippen molar-refractivity contribution >= 4 is 5.97 Å². The summed E-state index contributed by atoms with van der Waals surface area (Å²) in [5, 5.41) is 9.20. The highest BCUT2D eigenvalue weighted by atomic mass is 19.4. The van der Waals surface area contributed by atoms with Gasteiger partial charge < -0.3 is 14.6 Å². The molecule has 276 valence electrons. The molecule has 50 heavy (non-hydrogen) atoms. The van der Waals surface area contributed by atoms with Crippen LogP contribution in [0.5, 0.6) is 5.75 Å². The van der Waals surface area contributed by atoms with E-state index in [0.717, 1.165) is 47.7 Å². The molecular weight excluding hydrogens is 639 g/mol. The first kappa shape index (κ1) is 41.0. The maximum Gasteiger partial charge on any atom is 0.414 e. The summed E-state index contributed by atoms with van der Waals surface area (Å²) in [7, 11) is 0. The number of benzene rings is 2. The molecule has 2 atom stereocenters. The van der Waals surface area contributed by atoms with Gasteiger partial charge in [0.25, 0.3) is 0 Å². The number of unbranched alkanes of at least 4 members (excludes halogenated alkanes) is 12. The van der Waals surface area contributed by atoms with Crippen molar-refractivity contribution in [3.8, 4) is 28.1 Å². The zero-order valence-electron chi connectivity index (χ0n) is 30.2. The summed E-state index contributed by atoms with van der Waals surface area (Å²) in [6.45, 7) is 3.83. The predicted molar refractivity (Wildman–Crippen MR) is 197 cm³/mol. The van der Waals surface area contributed by atoms with Gasteiger partial charge in [-0.15, -0.1) is 0 Å². The number of carbonyl (C=O) groups is 1. The van der Waals surface area contributed by atoms with Crippen molar-refractivity contribution in [2.75, 3.05) is 13.2 Å². The third-order valence-electron chi connectivity index (χ3n) is 9.37. The lowest BCUT2D eigenvalue weighted by Gasteiger charge is -2.22. The molecule has 3 rings (SSSR count). The van der Waals surface area contributed by atoms with E-state index in [-0.39, 0.29) is 18.9 Å². The number of pyridine rings is 1. The van der Waals surface area contributed by atoms with Gasteiger partial charge >= 0.3 is 12.1 Å². The lowest BCUT2D eigenvalue weighted by molar-refractivity contribution is -0.214. The second kappa shape index (κ2) is 23.2. The lowest BCUT2D eigenvalue weighted by Crippen LogP contribution is -2.29. The van der Waals surface area contributed by atoms with E-state index in [4.69, 9.17) is 14.5 Å². The SMILES string of the molecule is CCCCCCCCCCCCCCCOc1ccc(-c2cc(C(CCCC(=O)O)CCOC(C)C(F)(F)F)ccc2-c2ccccc2)nc1. The van der Waals surface area contributed by atoms with Crippen LogP contribution in [0.1, 0.15) is 134 Å². The largest absolute Gasteiger partial charge is 0.492 e. The number of carboxylic acids is 1. The molecule has 0 aliphatic rings. The topological polar surface area (TPSA) is 68.7 Å². The van der Waals surface area contributed by atoms with Gasteiger partial charge in [-0.05, 0) is 73.4 Å². The van der Waals surface area contributed by atoms with Crippen LogP contribution >= 0.6 is 0 Å². The Bertz CT molecular complexity index is 1350. The minimum absolute atomic E-state index is 0.00636. The number of aromatic nitrogens is 1. The van der Waals surface area contributed by atoms with Crippen LogP contribution < -0.4 is 4.74 Å². The molecule has 0 aliphatic heterocycles. The highest BCUT2D eigenvalue weighted by Gasteiger charge is 2.36. The predicted octanol–water partition coefficient (Wildman–Crippen LogP) is 12.6. The average Bonchev–Trinajstić information content (AvgIpc) is 3.11. The number of nitrogens with zero attached hydrogens (tertiary/aromatic N) is 1. The summed E-state index contributed by atoms with van der Waals surface area (Å²) in [6, 6.07) is 19.9. The Morgan fingerprint density at radius 3 is 1.98 bits per heavy atom. The van der Waals surface area contributed by atoms with Crippen LogP contribution in [-0.2, 0) is 9.53 Å². The average molecular weight is 698 g/mol. The third-order valence-corrected chi connectivity index (χ3v) is 9.37.